The highest BCUT2D eigenvalue weighted by Crippen LogP contribution is 2.23. The van der Waals surface area contributed by atoms with Crippen molar-refractivity contribution in [1.82, 2.24) is 5.32 Å². The number of amides is 1. The number of furan rings is 1. The molecule has 0 saturated heterocycles. The van der Waals surface area contributed by atoms with Crippen LogP contribution in [-0.2, 0) is 4.79 Å². The molecule has 0 spiro atoms. The quantitative estimate of drug-likeness (QED) is 0.899. The first-order valence-corrected chi connectivity index (χ1v) is 6.38. The lowest BCUT2D eigenvalue weighted by atomic mass is 9.88. The van der Waals surface area contributed by atoms with Crippen molar-refractivity contribution in [2.45, 2.75) is 26.3 Å². The van der Waals surface area contributed by atoms with Crippen molar-refractivity contribution >= 4 is 22.8 Å². The van der Waals surface area contributed by atoms with Gasteiger partial charge in [0.1, 0.15) is 17.4 Å². The molecule has 106 valence electrons. The van der Waals surface area contributed by atoms with Crippen LogP contribution < -0.4 is 5.32 Å². The fraction of sp³-hybridized carbons (Fsp3) is 0.333. The monoisotopic (exact) mass is 275 g/mol. The van der Waals surface area contributed by atoms with Gasteiger partial charge in [-0.25, -0.2) is 4.79 Å². The molecule has 0 aliphatic heterocycles. The molecule has 1 aromatic carbocycles. The van der Waals surface area contributed by atoms with Gasteiger partial charge in [-0.05, 0) is 18.9 Å². The number of fused-ring (bicyclic) bond motifs is 1. The van der Waals surface area contributed by atoms with Crippen LogP contribution in [0.1, 0.15) is 31.1 Å². The molecule has 1 atom stereocenters. The van der Waals surface area contributed by atoms with E-state index in [1.54, 1.807) is 32.0 Å². The molecule has 5 heteroatoms. The number of hydrogen-bond donors (Lipinski definition) is 2. The van der Waals surface area contributed by atoms with Gasteiger partial charge in [0.05, 0.1) is 5.56 Å². The predicted molar refractivity (Wildman–Crippen MR) is 74.6 cm³/mol. The molecule has 1 aromatic heterocycles. The Kier molecular flexibility index (Phi) is 3.53. The van der Waals surface area contributed by atoms with E-state index in [1.807, 2.05) is 6.07 Å². The second-order valence-corrected chi connectivity index (χ2v) is 5.26. The van der Waals surface area contributed by atoms with E-state index in [-0.39, 0.29) is 5.92 Å². The number of carboxylic acids is 1. The highest BCUT2D eigenvalue weighted by atomic mass is 16.4. The lowest BCUT2D eigenvalue weighted by Gasteiger charge is -2.30. The van der Waals surface area contributed by atoms with E-state index in [0.717, 1.165) is 0 Å². The lowest BCUT2D eigenvalue weighted by molar-refractivity contribution is -0.145. The number of rotatable bonds is 4. The van der Waals surface area contributed by atoms with Crippen molar-refractivity contribution in [1.29, 1.82) is 0 Å². The van der Waals surface area contributed by atoms with Gasteiger partial charge >= 0.3 is 5.97 Å². The van der Waals surface area contributed by atoms with Gasteiger partial charge in [0.25, 0.3) is 5.91 Å². The molecule has 1 amide bonds. The zero-order valence-electron chi connectivity index (χ0n) is 11.6. The SMILES string of the molecule is CC(C)[C@@](C)(NC(=O)c1coc2ccccc12)C(=O)O. The summed E-state index contributed by atoms with van der Waals surface area (Å²) in [5, 5.41) is 12.6. The van der Waals surface area contributed by atoms with Crippen LogP contribution in [0.5, 0.6) is 0 Å². The van der Waals surface area contributed by atoms with E-state index in [4.69, 9.17) is 4.42 Å². The van der Waals surface area contributed by atoms with E-state index in [9.17, 15) is 14.7 Å². The van der Waals surface area contributed by atoms with Crippen LogP contribution >= 0.6 is 0 Å². The Bertz CT molecular complexity index is 659. The first-order chi connectivity index (χ1) is 9.36. The summed E-state index contributed by atoms with van der Waals surface area (Å²) < 4.78 is 5.30. The lowest BCUT2D eigenvalue weighted by Crippen LogP contribution is -2.55. The molecular formula is C15H17NO4. The minimum absolute atomic E-state index is 0.248. The smallest absolute Gasteiger partial charge is 0.329 e. The summed E-state index contributed by atoms with van der Waals surface area (Å²) in [6.07, 6.45) is 1.35. The van der Waals surface area contributed by atoms with E-state index in [1.165, 1.54) is 13.2 Å². The molecule has 0 radical (unpaired) electrons. The van der Waals surface area contributed by atoms with Gasteiger partial charge in [-0.3, -0.25) is 4.79 Å². The Hall–Kier alpha value is -2.30. The van der Waals surface area contributed by atoms with Gasteiger partial charge in [-0.2, -0.15) is 0 Å². The fourth-order valence-corrected chi connectivity index (χ4v) is 1.90. The summed E-state index contributed by atoms with van der Waals surface area (Å²) in [5.41, 5.74) is -0.386. The molecule has 0 bridgehead atoms. The summed E-state index contributed by atoms with van der Waals surface area (Å²) >= 11 is 0. The summed E-state index contributed by atoms with van der Waals surface area (Å²) in [6, 6.07) is 7.13. The molecule has 0 saturated carbocycles. The highest BCUT2D eigenvalue weighted by Gasteiger charge is 2.38. The number of carbonyl (C=O) groups excluding carboxylic acids is 1. The van der Waals surface area contributed by atoms with Gasteiger partial charge in [0.2, 0.25) is 0 Å². The van der Waals surface area contributed by atoms with Crippen LogP contribution in [0.4, 0.5) is 0 Å². The van der Waals surface area contributed by atoms with E-state index in [2.05, 4.69) is 5.32 Å². The number of benzene rings is 1. The number of hydrogen-bond acceptors (Lipinski definition) is 3. The standard InChI is InChI=1S/C15H17NO4/c1-9(2)15(3,14(18)19)16-13(17)11-8-20-12-7-5-4-6-10(11)12/h4-9H,1-3H3,(H,16,17)(H,18,19)/t15-/m1/s1. The van der Waals surface area contributed by atoms with Crippen molar-refractivity contribution in [3.8, 4) is 0 Å². The average molecular weight is 275 g/mol. The molecule has 0 aliphatic rings. The number of nitrogens with one attached hydrogen (secondary N) is 1. The van der Waals surface area contributed by atoms with Gasteiger partial charge in [-0.1, -0.05) is 32.0 Å². The van der Waals surface area contributed by atoms with Crippen LogP contribution in [0.15, 0.2) is 34.9 Å². The second-order valence-electron chi connectivity index (χ2n) is 5.26. The Labute approximate surface area is 116 Å². The third kappa shape index (κ3) is 2.27. The van der Waals surface area contributed by atoms with Crippen LogP contribution in [0, 0.1) is 5.92 Å². The largest absolute Gasteiger partial charge is 0.480 e. The summed E-state index contributed by atoms with van der Waals surface area (Å²) in [4.78, 5) is 23.7. The van der Waals surface area contributed by atoms with Gasteiger partial charge in [-0.15, -0.1) is 0 Å². The van der Waals surface area contributed by atoms with Gasteiger partial charge < -0.3 is 14.8 Å². The maximum absolute atomic E-state index is 12.3. The minimum atomic E-state index is -1.32. The molecular weight excluding hydrogens is 258 g/mol. The minimum Gasteiger partial charge on any atom is -0.480 e. The van der Waals surface area contributed by atoms with Crippen LogP contribution in [0.2, 0.25) is 0 Å². The van der Waals surface area contributed by atoms with E-state index in [0.29, 0.717) is 16.5 Å². The zero-order valence-corrected chi connectivity index (χ0v) is 11.6. The first-order valence-electron chi connectivity index (χ1n) is 6.38. The van der Waals surface area contributed by atoms with Crippen molar-refractivity contribution in [2.75, 3.05) is 0 Å². The Morgan fingerprint density at radius 3 is 2.55 bits per heavy atom. The van der Waals surface area contributed by atoms with Crippen LogP contribution in [0.25, 0.3) is 11.0 Å². The molecule has 2 rings (SSSR count). The third-order valence-corrected chi connectivity index (χ3v) is 3.70. The molecule has 5 nitrogen and oxygen atoms in total. The van der Waals surface area contributed by atoms with E-state index >= 15 is 0 Å². The number of carbonyl (C=O) groups is 2. The third-order valence-electron chi connectivity index (χ3n) is 3.70. The molecule has 20 heavy (non-hydrogen) atoms. The molecule has 1 heterocycles. The number of para-hydroxylation sites is 1. The topological polar surface area (TPSA) is 79.5 Å². The predicted octanol–water partition coefficient (Wildman–Crippen LogP) is 2.66. The highest BCUT2D eigenvalue weighted by molar-refractivity contribution is 6.07. The maximum Gasteiger partial charge on any atom is 0.329 e. The molecule has 0 fully saturated rings. The molecule has 2 N–H and O–H groups in total. The summed E-state index contributed by atoms with van der Waals surface area (Å²) in [6.45, 7) is 5.00. The van der Waals surface area contributed by atoms with Crippen molar-refractivity contribution in [3.63, 3.8) is 0 Å². The van der Waals surface area contributed by atoms with Crippen molar-refractivity contribution in [2.24, 2.45) is 5.92 Å². The van der Waals surface area contributed by atoms with Gasteiger partial charge in [0.15, 0.2) is 0 Å². The average Bonchev–Trinajstić information content (AvgIpc) is 2.81. The molecule has 0 unspecified atom stereocenters. The van der Waals surface area contributed by atoms with Crippen LogP contribution in [-0.4, -0.2) is 22.5 Å². The first kappa shape index (κ1) is 14.1. The summed E-state index contributed by atoms with van der Waals surface area (Å²) in [7, 11) is 0. The number of carboxylic acid groups (broad SMARTS) is 1. The van der Waals surface area contributed by atoms with Gasteiger partial charge in [0, 0.05) is 5.39 Å². The fourth-order valence-electron chi connectivity index (χ4n) is 1.90. The molecule has 0 aliphatic carbocycles. The zero-order chi connectivity index (χ0) is 14.9. The summed E-state index contributed by atoms with van der Waals surface area (Å²) in [5.74, 6) is -1.76. The Morgan fingerprint density at radius 2 is 1.95 bits per heavy atom. The normalized spacial score (nSPS) is 14.2. The maximum atomic E-state index is 12.3. The second kappa shape index (κ2) is 5.00. The van der Waals surface area contributed by atoms with Crippen molar-refractivity contribution in [3.05, 3.63) is 36.1 Å². The Balaban J connectivity index is 2.35. The van der Waals surface area contributed by atoms with Crippen LogP contribution in [0.3, 0.4) is 0 Å². The number of aliphatic carboxylic acids is 1. The van der Waals surface area contributed by atoms with E-state index < -0.39 is 17.4 Å². The van der Waals surface area contributed by atoms with Crippen molar-refractivity contribution < 1.29 is 19.1 Å². The molecule has 2 aromatic rings. The Morgan fingerprint density at radius 1 is 1.30 bits per heavy atom.